The Morgan fingerprint density at radius 1 is 0.972 bits per heavy atom. The molecule has 0 aliphatic heterocycles. The van der Waals surface area contributed by atoms with Crippen molar-refractivity contribution in [1.82, 2.24) is 15.0 Å². The number of nitrogens with zero attached hydrogens (tertiary/aromatic N) is 3. The first kappa shape index (κ1) is 24.6. The van der Waals surface area contributed by atoms with Crippen LogP contribution >= 0.6 is 0 Å². The van der Waals surface area contributed by atoms with Gasteiger partial charge in [0.15, 0.2) is 5.82 Å². The van der Waals surface area contributed by atoms with E-state index in [1.54, 1.807) is 48.5 Å². The minimum Gasteiger partial charge on any atom is -0.508 e. The Morgan fingerprint density at radius 2 is 1.69 bits per heavy atom. The predicted octanol–water partition coefficient (Wildman–Crippen LogP) is 4.61. The quantitative estimate of drug-likeness (QED) is 0.267. The van der Waals surface area contributed by atoms with Gasteiger partial charge in [-0.25, -0.2) is 0 Å². The molecule has 1 heterocycles. The monoisotopic (exact) mass is 484 g/mol. The maximum Gasteiger partial charge on any atom is 0.255 e. The number of hydrogen-bond donors (Lipinski definition) is 5. The number of anilines is 4. The normalized spacial score (nSPS) is 11.2. The number of nitrogens with one attached hydrogen (secondary N) is 2. The van der Waals surface area contributed by atoms with Gasteiger partial charge in [-0.15, -0.1) is 0 Å². The van der Waals surface area contributed by atoms with Gasteiger partial charge in [-0.3, -0.25) is 4.79 Å². The van der Waals surface area contributed by atoms with E-state index in [9.17, 15) is 15.0 Å². The van der Waals surface area contributed by atoms with Gasteiger partial charge in [-0.05, 0) is 41.3 Å². The van der Waals surface area contributed by atoms with Crippen molar-refractivity contribution >= 4 is 29.2 Å². The van der Waals surface area contributed by atoms with E-state index in [0.29, 0.717) is 28.1 Å². The second kappa shape index (κ2) is 10.0. The first-order chi connectivity index (χ1) is 17.1. The Kier molecular flexibility index (Phi) is 6.84. The van der Waals surface area contributed by atoms with Crippen LogP contribution in [0.2, 0.25) is 0 Å². The molecule has 0 saturated heterocycles. The number of aromatic hydroxyl groups is 1. The summed E-state index contributed by atoms with van der Waals surface area (Å²) < 4.78 is 0. The van der Waals surface area contributed by atoms with E-state index in [0.717, 1.165) is 5.56 Å². The number of aromatic nitrogens is 3. The van der Waals surface area contributed by atoms with Crippen LogP contribution in [0.25, 0.3) is 11.4 Å². The fourth-order valence-electron chi connectivity index (χ4n) is 3.68. The van der Waals surface area contributed by atoms with E-state index < -0.39 is 0 Å². The van der Waals surface area contributed by atoms with Crippen LogP contribution in [0.1, 0.15) is 42.3 Å². The van der Waals surface area contributed by atoms with E-state index >= 15 is 0 Å². The lowest BCUT2D eigenvalue weighted by Crippen LogP contribution is -2.15. The number of aliphatic hydroxyl groups excluding tert-OH is 1. The van der Waals surface area contributed by atoms with Crippen molar-refractivity contribution in [3.63, 3.8) is 0 Å². The fourth-order valence-corrected chi connectivity index (χ4v) is 3.68. The van der Waals surface area contributed by atoms with Crippen LogP contribution in [0.3, 0.4) is 0 Å². The van der Waals surface area contributed by atoms with Crippen LogP contribution < -0.4 is 16.4 Å². The number of carbonyl (C=O) groups is 1. The molecule has 1 aromatic heterocycles. The number of rotatable bonds is 6. The van der Waals surface area contributed by atoms with Gasteiger partial charge in [0.2, 0.25) is 11.9 Å². The molecule has 184 valence electrons. The molecule has 0 atom stereocenters. The molecule has 0 fully saturated rings. The SMILES string of the molecule is CC(C)(C)c1ccc(C(=O)Nc2cccc(-c3nc(N)nc(Nc4cccc(O)c4)n3)c2CO)cc1. The van der Waals surface area contributed by atoms with Gasteiger partial charge in [-0.2, -0.15) is 15.0 Å². The maximum absolute atomic E-state index is 12.9. The van der Waals surface area contributed by atoms with Crippen molar-refractivity contribution in [3.8, 4) is 17.1 Å². The first-order valence-electron chi connectivity index (χ1n) is 11.4. The highest BCUT2D eigenvalue weighted by molar-refractivity contribution is 6.05. The molecule has 0 aliphatic carbocycles. The van der Waals surface area contributed by atoms with Crippen LogP contribution in [0, 0.1) is 0 Å². The van der Waals surface area contributed by atoms with Crippen molar-refractivity contribution in [2.24, 2.45) is 0 Å². The van der Waals surface area contributed by atoms with Gasteiger partial charge in [0, 0.05) is 34.1 Å². The molecule has 0 radical (unpaired) electrons. The van der Waals surface area contributed by atoms with Crippen molar-refractivity contribution < 1.29 is 15.0 Å². The summed E-state index contributed by atoms with van der Waals surface area (Å²) in [5, 5.41) is 25.7. The zero-order chi connectivity index (χ0) is 25.9. The van der Waals surface area contributed by atoms with Crippen molar-refractivity contribution in [3.05, 3.63) is 83.4 Å². The molecule has 6 N–H and O–H groups in total. The number of amides is 1. The molecule has 0 saturated carbocycles. The molecule has 3 aromatic carbocycles. The van der Waals surface area contributed by atoms with Crippen LogP contribution in [0.4, 0.5) is 23.3 Å². The molecule has 1 amide bonds. The summed E-state index contributed by atoms with van der Waals surface area (Å²) >= 11 is 0. The number of aliphatic hydroxyl groups is 1. The summed E-state index contributed by atoms with van der Waals surface area (Å²) in [4.78, 5) is 25.7. The highest BCUT2D eigenvalue weighted by Gasteiger charge is 2.18. The lowest BCUT2D eigenvalue weighted by Gasteiger charge is -2.19. The number of phenolic OH excluding ortho intramolecular Hbond substituents is 1. The van der Waals surface area contributed by atoms with E-state index in [4.69, 9.17) is 5.73 Å². The summed E-state index contributed by atoms with van der Waals surface area (Å²) in [6.07, 6.45) is 0. The number of hydrogen-bond acceptors (Lipinski definition) is 8. The van der Waals surface area contributed by atoms with Crippen molar-refractivity contribution in [2.75, 3.05) is 16.4 Å². The lowest BCUT2D eigenvalue weighted by atomic mass is 9.86. The summed E-state index contributed by atoms with van der Waals surface area (Å²) in [6.45, 7) is 5.97. The van der Waals surface area contributed by atoms with Gasteiger partial charge in [0.1, 0.15) is 5.75 Å². The summed E-state index contributed by atoms with van der Waals surface area (Å²) in [6, 6.07) is 19.1. The second-order valence-electron chi connectivity index (χ2n) is 9.29. The van der Waals surface area contributed by atoms with Crippen LogP contribution in [-0.4, -0.2) is 31.1 Å². The van der Waals surface area contributed by atoms with Gasteiger partial charge < -0.3 is 26.6 Å². The molecule has 0 aliphatic rings. The highest BCUT2D eigenvalue weighted by atomic mass is 16.3. The highest BCUT2D eigenvalue weighted by Crippen LogP contribution is 2.29. The minimum absolute atomic E-state index is 0.0195. The third-order valence-electron chi connectivity index (χ3n) is 5.59. The molecule has 9 nitrogen and oxygen atoms in total. The molecule has 0 spiro atoms. The zero-order valence-electron chi connectivity index (χ0n) is 20.3. The smallest absolute Gasteiger partial charge is 0.255 e. The molecule has 0 unspecified atom stereocenters. The summed E-state index contributed by atoms with van der Waals surface area (Å²) in [7, 11) is 0. The zero-order valence-corrected chi connectivity index (χ0v) is 20.3. The van der Waals surface area contributed by atoms with Crippen LogP contribution in [0.15, 0.2) is 66.7 Å². The van der Waals surface area contributed by atoms with E-state index in [1.807, 2.05) is 12.1 Å². The number of phenols is 1. The van der Waals surface area contributed by atoms with E-state index in [-0.39, 0.29) is 41.4 Å². The topological polar surface area (TPSA) is 146 Å². The summed E-state index contributed by atoms with van der Waals surface area (Å²) in [5.74, 6) is 0.144. The Labute approximate surface area is 209 Å². The molecule has 9 heteroatoms. The van der Waals surface area contributed by atoms with Crippen molar-refractivity contribution in [2.45, 2.75) is 32.8 Å². The molecular weight excluding hydrogens is 456 g/mol. The molecule has 36 heavy (non-hydrogen) atoms. The number of benzene rings is 3. The average molecular weight is 485 g/mol. The fraction of sp³-hybridized carbons (Fsp3) is 0.185. The first-order valence-corrected chi connectivity index (χ1v) is 11.4. The molecular formula is C27H28N6O3. The van der Waals surface area contributed by atoms with E-state index in [2.05, 4.69) is 46.4 Å². The molecule has 0 bridgehead atoms. The van der Waals surface area contributed by atoms with Gasteiger partial charge >= 0.3 is 0 Å². The number of carbonyl (C=O) groups excluding carboxylic acids is 1. The van der Waals surface area contributed by atoms with Gasteiger partial charge in [-0.1, -0.05) is 51.1 Å². The average Bonchev–Trinajstić information content (AvgIpc) is 2.83. The maximum atomic E-state index is 12.9. The molecule has 4 aromatic rings. The Hall–Kier alpha value is -4.50. The minimum atomic E-state index is -0.365. The Balaban J connectivity index is 1.63. The second-order valence-corrected chi connectivity index (χ2v) is 9.29. The van der Waals surface area contributed by atoms with Gasteiger partial charge in [0.25, 0.3) is 5.91 Å². The number of nitrogens with two attached hydrogens (primary N) is 1. The Morgan fingerprint density at radius 3 is 2.36 bits per heavy atom. The van der Waals surface area contributed by atoms with Crippen molar-refractivity contribution in [1.29, 1.82) is 0 Å². The van der Waals surface area contributed by atoms with E-state index in [1.165, 1.54) is 6.07 Å². The largest absolute Gasteiger partial charge is 0.508 e. The third kappa shape index (κ3) is 5.59. The molecule has 4 rings (SSSR count). The van der Waals surface area contributed by atoms with Gasteiger partial charge in [0.05, 0.1) is 6.61 Å². The number of nitrogen functional groups attached to an aromatic ring is 1. The standard InChI is InChI=1S/C27H28N6O3/c1-27(2,3)17-12-10-16(11-13-17)24(36)30-22-9-5-8-20(21(22)15-34)23-31-25(28)33-26(32-23)29-18-6-4-7-19(35)14-18/h4-14,34-35H,15H2,1-3H3,(H,30,36)(H3,28,29,31,32,33). The van der Waals surface area contributed by atoms with Crippen LogP contribution in [-0.2, 0) is 12.0 Å². The predicted molar refractivity (Wildman–Crippen MR) is 140 cm³/mol. The Bertz CT molecular complexity index is 1400. The summed E-state index contributed by atoms with van der Waals surface area (Å²) in [5.41, 5.74) is 9.45. The lowest BCUT2D eigenvalue weighted by molar-refractivity contribution is 0.102. The van der Waals surface area contributed by atoms with Crippen LogP contribution in [0.5, 0.6) is 5.75 Å². The third-order valence-corrected chi connectivity index (χ3v) is 5.59.